The predicted molar refractivity (Wildman–Crippen MR) is 46.8 cm³/mol. The molecule has 1 aromatic heterocycles. The Bertz CT molecular complexity index is 236. The molecule has 2 heterocycles. The van der Waals surface area contributed by atoms with Crippen LogP contribution in [0.15, 0.2) is 12.3 Å². The van der Waals surface area contributed by atoms with E-state index in [2.05, 4.69) is 30.7 Å². The molecule has 1 nitrogen and oxygen atoms in total. The third kappa shape index (κ3) is 1.09. The number of rotatable bonds is 1. The highest BCUT2D eigenvalue weighted by molar-refractivity contribution is 5.23. The van der Waals surface area contributed by atoms with Crippen LogP contribution in [-0.4, -0.2) is 4.57 Å². The molecule has 0 bridgehead atoms. The Balaban J connectivity index is 2.34. The van der Waals surface area contributed by atoms with Gasteiger partial charge < -0.3 is 4.57 Å². The van der Waals surface area contributed by atoms with Gasteiger partial charge >= 0.3 is 0 Å². The average Bonchev–Trinajstić information content (AvgIpc) is 2.40. The van der Waals surface area contributed by atoms with Gasteiger partial charge in [-0.1, -0.05) is 13.8 Å². The zero-order valence-electron chi connectivity index (χ0n) is 7.30. The van der Waals surface area contributed by atoms with Crippen LogP contribution >= 0.6 is 0 Å². The summed E-state index contributed by atoms with van der Waals surface area (Å²) in [5, 5.41) is 0. The maximum absolute atomic E-state index is 2.40. The van der Waals surface area contributed by atoms with Crippen LogP contribution in [0.5, 0.6) is 0 Å². The van der Waals surface area contributed by atoms with Crippen molar-refractivity contribution in [3.63, 3.8) is 0 Å². The van der Waals surface area contributed by atoms with Crippen molar-refractivity contribution in [2.75, 3.05) is 0 Å². The van der Waals surface area contributed by atoms with Crippen LogP contribution in [0.2, 0.25) is 0 Å². The lowest BCUT2D eigenvalue weighted by Crippen LogP contribution is -1.88. The first-order valence-electron chi connectivity index (χ1n) is 4.46. The van der Waals surface area contributed by atoms with Crippen LogP contribution < -0.4 is 0 Å². The van der Waals surface area contributed by atoms with E-state index in [9.17, 15) is 0 Å². The minimum absolute atomic E-state index is 0.688. The van der Waals surface area contributed by atoms with E-state index in [1.54, 1.807) is 0 Å². The Labute approximate surface area is 68.0 Å². The molecule has 0 N–H and O–H groups in total. The van der Waals surface area contributed by atoms with E-state index in [-0.39, 0.29) is 0 Å². The zero-order valence-corrected chi connectivity index (χ0v) is 7.30. The summed E-state index contributed by atoms with van der Waals surface area (Å²) in [4.78, 5) is 0. The van der Waals surface area contributed by atoms with Crippen LogP contribution in [-0.2, 0) is 13.0 Å². The molecule has 1 aliphatic heterocycles. The molecule has 0 unspecified atom stereocenters. The molecule has 1 aliphatic rings. The van der Waals surface area contributed by atoms with Gasteiger partial charge in [-0.05, 0) is 30.4 Å². The highest BCUT2D eigenvalue weighted by Gasteiger charge is 2.12. The fourth-order valence-electron chi connectivity index (χ4n) is 1.75. The van der Waals surface area contributed by atoms with E-state index in [0.29, 0.717) is 5.92 Å². The first-order chi connectivity index (χ1) is 5.27. The molecule has 0 fully saturated rings. The number of nitrogens with zero attached hydrogens (tertiary/aromatic N) is 1. The molecule has 0 aromatic carbocycles. The summed E-state index contributed by atoms with van der Waals surface area (Å²) in [6, 6.07) is 2.36. The van der Waals surface area contributed by atoms with E-state index in [0.717, 1.165) is 0 Å². The lowest BCUT2D eigenvalue weighted by Gasteiger charge is -1.99. The van der Waals surface area contributed by atoms with Crippen LogP contribution in [0, 0.1) is 0 Å². The van der Waals surface area contributed by atoms with Gasteiger partial charge in [0.15, 0.2) is 0 Å². The SMILES string of the molecule is CC(C)c1cc2n(c1)CCC2. The second-order valence-corrected chi connectivity index (χ2v) is 3.72. The highest BCUT2D eigenvalue weighted by atomic mass is 15.0. The van der Waals surface area contributed by atoms with Gasteiger partial charge in [0.05, 0.1) is 0 Å². The number of hydrogen-bond donors (Lipinski definition) is 0. The Hall–Kier alpha value is -0.720. The fourth-order valence-corrected chi connectivity index (χ4v) is 1.75. The van der Waals surface area contributed by atoms with Gasteiger partial charge in [0.2, 0.25) is 0 Å². The van der Waals surface area contributed by atoms with E-state index in [4.69, 9.17) is 0 Å². The number of aromatic nitrogens is 1. The van der Waals surface area contributed by atoms with Crippen molar-refractivity contribution in [1.29, 1.82) is 0 Å². The molecule has 1 heteroatoms. The molecule has 0 radical (unpaired) electrons. The van der Waals surface area contributed by atoms with E-state index < -0.39 is 0 Å². The Kier molecular flexibility index (Phi) is 1.52. The van der Waals surface area contributed by atoms with Gasteiger partial charge in [-0.15, -0.1) is 0 Å². The predicted octanol–water partition coefficient (Wildman–Crippen LogP) is 2.56. The van der Waals surface area contributed by atoms with Crippen LogP contribution in [0.4, 0.5) is 0 Å². The van der Waals surface area contributed by atoms with Crippen molar-refractivity contribution < 1.29 is 0 Å². The number of aryl methyl sites for hydroxylation is 2. The molecule has 2 rings (SSSR count). The quantitative estimate of drug-likeness (QED) is 0.578. The van der Waals surface area contributed by atoms with E-state index in [1.165, 1.54) is 30.6 Å². The van der Waals surface area contributed by atoms with Gasteiger partial charge in [0.25, 0.3) is 0 Å². The topological polar surface area (TPSA) is 4.93 Å². The second-order valence-electron chi connectivity index (χ2n) is 3.72. The summed E-state index contributed by atoms with van der Waals surface area (Å²) in [6.07, 6.45) is 4.94. The standard InChI is InChI=1S/C10H15N/c1-8(2)9-6-10-4-3-5-11(10)7-9/h6-8H,3-5H2,1-2H3. The molecule has 60 valence electrons. The van der Waals surface area contributed by atoms with Crippen molar-refractivity contribution in [3.05, 3.63) is 23.5 Å². The van der Waals surface area contributed by atoms with Crippen molar-refractivity contribution in [1.82, 2.24) is 4.57 Å². The Morgan fingerprint density at radius 1 is 1.45 bits per heavy atom. The van der Waals surface area contributed by atoms with Gasteiger partial charge in [0.1, 0.15) is 0 Å². The third-order valence-electron chi connectivity index (χ3n) is 2.51. The summed E-state index contributed by atoms with van der Waals surface area (Å²) < 4.78 is 2.40. The molecule has 11 heavy (non-hydrogen) atoms. The maximum atomic E-state index is 2.40. The van der Waals surface area contributed by atoms with Gasteiger partial charge in [0, 0.05) is 18.4 Å². The maximum Gasteiger partial charge on any atom is 0.0226 e. The molecule has 0 spiro atoms. The van der Waals surface area contributed by atoms with Crippen LogP contribution in [0.25, 0.3) is 0 Å². The lowest BCUT2D eigenvalue weighted by molar-refractivity contribution is 0.739. The Morgan fingerprint density at radius 3 is 2.91 bits per heavy atom. The van der Waals surface area contributed by atoms with Crippen molar-refractivity contribution in [3.8, 4) is 0 Å². The van der Waals surface area contributed by atoms with Gasteiger partial charge in [-0.2, -0.15) is 0 Å². The van der Waals surface area contributed by atoms with Crippen molar-refractivity contribution in [2.24, 2.45) is 0 Å². The molecule has 0 saturated heterocycles. The fraction of sp³-hybridized carbons (Fsp3) is 0.600. The summed E-state index contributed by atoms with van der Waals surface area (Å²) >= 11 is 0. The highest BCUT2D eigenvalue weighted by Crippen LogP contribution is 2.22. The first kappa shape index (κ1) is 6.96. The minimum Gasteiger partial charge on any atom is -0.351 e. The zero-order chi connectivity index (χ0) is 7.84. The summed E-state index contributed by atoms with van der Waals surface area (Å²) in [7, 11) is 0. The molecular weight excluding hydrogens is 134 g/mol. The van der Waals surface area contributed by atoms with Gasteiger partial charge in [-0.3, -0.25) is 0 Å². The summed E-state index contributed by atoms with van der Waals surface area (Å²) in [5.41, 5.74) is 3.04. The molecule has 0 atom stereocenters. The Morgan fingerprint density at radius 2 is 2.27 bits per heavy atom. The van der Waals surface area contributed by atoms with Crippen molar-refractivity contribution in [2.45, 2.75) is 39.2 Å². The lowest BCUT2D eigenvalue weighted by atomic mass is 10.1. The number of fused-ring (bicyclic) bond motifs is 1. The third-order valence-corrected chi connectivity index (χ3v) is 2.51. The van der Waals surface area contributed by atoms with Gasteiger partial charge in [-0.25, -0.2) is 0 Å². The molecule has 0 amide bonds. The second kappa shape index (κ2) is 2.40. The average molecular weight is 149 g/mol. The largest absolute Gasteiger partial charge is 0.351 e. The minimum atomic E-state index is 0.688. The molecule has 0 aliphatic carbocycles. The summed E-state index contributed by atoms with van der Waals surface area (Å²) in [5.74, 6) is 0.688. The van der Waals surface area contributed by atoms with Crippen LogP contribution in [0.1, 0.15) is 37.4 Å². The number of hydrogen-bond acceptors (Lipinski definition) is 0. The van der Waals surface area contributed by atoms with Crippen molar-refractivity contribution >= 4 is 0 Å². The summed E-state index contributed by atoms with van der Waals surface area (Å²) in [6.45, 7) is 5.75. The normalized spacial score (nSPS) is 15.9. The smallest absolute Gasteiger partial charge is 0.0226 e. The van der Waals surface area contributed by atoms with E-state index >= 15 is 0 Å². The first-order valence-corrected chi connectivity index (χ1v) is 4.46. The monoisotopic (exact) mass is 149 g/mol. The molecular formula is C10H15N. The van der Waals surface area contributed by atoms with E-state index in [1.807, 2.05) is 0 Å². The molecule has 0 saturated carbocycles. The van der Waals surface area contributed by atoms with Crippen LogP contribution in [0.3, 0.4) is 0 Å². The molecule has 1 aromatic rings.